The van der Waals surface area contributed by atoms with Crippen LogP contribution >= 0.6 is 0 Å². The van der Waals surface area contributed by atoms with E-state index in [1.54, 1.807) is 6.92 Å². The Morgan fingerprint density at radius 1 is 1.17 bits per heavy atom. The maximum absolute atomic E-state index is 12.5. The van der Waals surface area contributed by atoms with Gasteiger partial charge in [0.25, 0.3) is 5.91 Å². The van der Waals surface area contributed by atoms with E-state index in [1.807, 2.05) is 36.1 Å². The molecule has 1 atom stereocenters. The third kappa shape index (κ3) is 3.09. The minimum atomic E-state index is -0.548. The molecule has 1 fully saturated rings. The average Bonchev–Trinajstić information content (AvgIpc) is 2.92. The van der Waals surface area contributed by atoms with Crippen LogP contribution in [0.2, 0.25) is 0 Å². The Balaban J connectivity index is 1.72. The topological polar surface area (TPSA) is 62.6 Å². The highest BCUT2D eigenvalue weighted by Gasteiger charge is 2.25. The van der Waals surface area contributed by atoms with Crippen molar-refractivity contribution in [3.05, 3.63) is 35.6 Å². The molecule has 23 heavy (non-hydrogen) atoms. The number of carbonyl (C=O) groups excluding carboxylic acids is 2. The van der Waals surface area contributed by atoms with Crippen LogP contribution in [0, 0.1) is 6.92 Å². The maximum atomic E-state index is 12.5. The second kappa shape index (κ2) is 6.44. The van der Waals surface area contributed by atoms with Crippen LogP contribution in [0.15, 0.2) is 28.7 Å². The number of piperidine rings is 1. The molecule has 3 rings (SSSR count). The number of fused-ring (bicyclic) bond motifs is 1. The summed E-state index contributed by atoms with van der Waals surface area (Å²) < 4.78 is 5.65. The molecule has 0 aliphatic carbocycles. The first-order chi connectivity index (χ1) is 11.1. The van der Waals surface area contributed by atoms with Gasteiger partial charge in [-0.15, -0.1) is 0 Å². The van der Waals surface area contributed by atoms with Crippen LogP contribution in [0.1, 0.15) is 42.3 Å². The van der Waals surface area contributed by atoms with E-state index in [-0.39, 0.29) is 17.6 Å². The Morgan fingerprint density at radius 3 is 2.57 bits per heavy atom. The first-order valence-electron chi connectivity index (χ1n) is 8.15. The summed E-state index contributed by atoms with van der Waals surface area (Å²) in [4.78, 5) is 26.7. The average molecular weight is 314 g/mol. The third-order valence-electron chi connectivity index (χ3n) is 4.44. The van der Waals surface area contributed by atoms with Gasteiger partial charge in [-0.05, 0) is 39.2 Å². The summed E-state index contributed by atoms with van der Waals surface area (Å²) in [6, 6.07) is 6.99. The zero-order valence-electron chi connectivity index (χ0n) is 13.6. The second-order valence-corrected chi connectivity index (χ2v) is 6.13. The van der Waals surface area contributed by atoms with Gasteiger partial charge < -0.3 is 14.6 Å². The van der Waals surface area contributed by atoms with Crippen molar-refractivity contribution in [1.82, 2.24) is 10.2 Å². The number of nitrogens with zero attached hydrogens (tertiary/aromatic N) is 1. The molecular weight excluding hydrogens is 292 g/mol. The van der Waals surface area contributed by atoms with Crippen molar-refractivity contribution in [2.75, 3.05) is 13.1 Å². The third-order valence-corrected chi connectivity index (χ3v) is 4.44. The number of nitrogens with one attached hydrogen (secondary N) is 1. The molecule has 1 aromatic carbocycles. The summed E-state index contributed by atoms with van der Waals surface area (Å²) in [5, 5.41) is 3.69. The van der Waals surface area contributed by atoms with Gasteiger partial charge in [0.05, 0.1) is 0 Å². The summed E-state index contributed by atoms with van der Waals surface area (Å²) in [6.07, 6.45) is 3.24. The fourth-order valence-electron chi connectivity index (χ4n) is 3.10. The van der Waals surface area contributed by atoms with E-state index in [4.69, 9.17) is 4.42 Å². The van der Waals surface area contributed by atoms with Crippen molar-refractivity contribution < 1.29 is 14.0 Å². The SMILES string of the molecule is Cc1c(C(=O)NC(C)C(=O)N2CCCCC2)oc2ccccc12. The Labute approximate surface area is 135 Å². The van der Waals surface area contributed by atoms with E-state index in [0.717, 1.165) is 36.9 Å². The zero-order chi connectivity index (χ0) is 16.4. The number of furan rings is 1. The van der Waals surface area contributed by atoms with E-state index in [9.17, 15) is 9.59 Å². The summed E-state index contributed by atoms with van der Waals surface area (Å²) in [6.45, 7) is 5.15. The van der Waals surface area contributed by atoms with Crippen LogP contribution in [0.4, 0.5) is 0 Å². The molecule has 122 valence electrons. The van der Waals surface area contributed by atoms with Gasteiger partial charge in [-0.25, -0.2) is 0 Å². The molecule has 5 heteroatoms. The van der Waals surface area contributed by atoms with Gasteiger partial charge in [0.2, 0.25) is 5.91 Å². The van der Waals surface area contributed by atoms with E-state index >= 15 is 0 Å². The van der Waals surface area contributed by atoms with Crippen molar-refractivity contribution >= 4 is 22.8 Å². The molecule has 1 aromatic heterocycles. The number of hydrogen-bond acceptors (Lipinski definition) is 3. The lowest BCUT2D eigenvalue weighted by molar-refractivity contribution is -0.133. The van der Waals surface area contributed by atoms with Crippen LogP contribution in [-0.4, -0.2) is 35.8 Å². The Bertz CT molecular complexity index is 729. The summed E-state index contributed by atoms with van der Waals surface area (Å²) in [5.41, 5.74) is 1.49. The lowest BCUT2D eigenvalue weighted by atomic mass is 10.1. The molecule has 1 saturated heterocycles. The Kier molecular flexibility index (Phi) is 4.37. The monoisotopic (exact) mass is 314 g/mol. The highest BCUT2D eigenvalue weighted by Crippen LogP contribution is 2.24. The van der Waals surface area contributed by atoms with Gasteiger partial charge in [0.1, 0.15) is 11.6 Å². The molecule has 2 heterocycles. The van der Waals surface area contributed by atoms with Crippen LogP contribution < -0.4 is 5.32 Å². The Hall–Kier alpha value is -2.30. The van der Waals surface area contributed by atoms with Crippen molar-refractivity contribution in [1.29, 1.82) is 0 Å². The lowest BCUT2D eigenvalue weighted by Gasteiger charge is -2.29. The number of likely N-dealkylation sites (tertiary alicyclic amines) is 1. The van der Waals surface area contributed by atoms with Crippen molar-refractivity contribution in [3.8, 4) is 0 Å². The molecule has 0 spiro atoms. The van der Waals surface area contributed by atoms with Gasteiger partial charge in [0, 0.05) is 24.0 Å². The molecule has 0 saturated carbocycles. The van der Waals surface area contributed by atoms with Gasteiger partial charge >= 0.3 is 0 Å². The number of para-hydroxylation sites is 1. The highest BCUT2D eigenvalue weighted by molar-refractivity contribution is 6.00. The molecule has 1 aliphatic rings. The summed E-state index contributed by atoms with van der Waals surface area (Å²) in [5.74, 6) is -0.0760. The first-order valence-corrected chi connectivity index (χ1v) is 8.15. The van der Waals surface area contributed by atoms with Gasteiger partial charge in [-0.2, -0.15) is 0 Å². The highest BCUT2D eigenvalue weighted by atomic mass is 16.3. The fraction of sp³-hybridized carbons (Fsp3) is 0.444. The predicted octanol–water partition coefficient (Wildman–Crippen LogP) is 2.87. The number of rotatable bonds is 3. The maximum Gasteiger partial charge on any atom is 0.287 e. The first kappa shape index (κ1) is 15.6. The molecule has 2 aromatic rings. The van der Waals surface area contributed by atoms with Crippen molar-refractivity contribution in [3.63, 3.8) is 0 Å². The van der Waals surface area contributed by atoms with E-state index < -0.39 is 6.04 Å². The van der Waals surface area contributed by atoms with Gasteiger partial charge in [0.15, 0.2) is 5.76 Å². The minimum absolute atomic E-state index is 0.0215. The van der Waals surface area contributed by atoms with Gasteiger partial charge in [-0.1, -0.05) is 18.2 Å². The largest absolute Gasteiger partial charge is 0.451 e. The van der Waals surface area contributed by atoms with E-state index in [2.05, 4.69) is 5.32 Å². The summed E-state index contributed by atoms with van der Waals surface area (Å²) >= 11 is 0. The van der Waals surface area contributed by atoms with Crippen LogP contribution in [0.3, 0.4) is 0 Å². The van der Waals surface area contributed by atoms with E-state index in [0.29, 0.717) is 5.58 Å². The standard InChI is InChI=1S/C18H22N2O3/c1-12-14-8-4-5-9-15(14)23-16(12)17(21)19-13(2)18(22)20-10-6-3-7-11-20/h4-5,8-9,13H,3,6-7,10-11H2,1-2H3,(H,19,21). The number of amides is 2. The Morgan fingerprint density at radius 2 is 1.87 bits per heavy atom. The predicted molar refractivity (Wildman–Crippen MR) is 88.3 cm³/mol. The second-order valence-electron chi connectivity index (χ2n) is 6.13. The smallest absolute Gasteiger partial charge is 0.287 e. The number of benzene rings is 1. The molecule has 2 amide bonds. The molecule has 1 N–H and O–H groups in total. The normalized spacial score (nSPS) is 16.3. The van der Waals surface area contributed by atoms with E-state index in [1.165, 1.54) is 6.42 Å². The van der Waals surface area contributed by atoms with Crippen LogP contribution in [0.25, 0.3) is 11.0 Å². The van der Waals surface area contributed by atoms with Crippen LogP contribution in [-0.2, 0) is 4.79 Å². The summed E-state index contributed by atoms with van der Waals surface area (Å²) in [7, 11) is 0. The fourth-order valence-corrected chi connectivity index (χ4v) is 3.10. The molecule has 1 aliphatic heterocycles. The molecule has 0 radical (unpaired) electrons. The molecule has 1 unspecified atom stereocenters. The number of carbonyl (C=O) groups is 2. The number of aryl methyl sites for hydroxylation is 1. The van der Waals surface area contributed by atoms with Crippen molar-refractivity contribution in [2.45, 2.75) is 39.2 Å². The van der Waals surface area contributed by atoms with Crippen molar-refractivity contribution in [2.24, 2.45) is 0 Å². The zero-order valence-corrected chi connectivity index (χ0v) is 13.6. The minimum Gasteiger partial charge on any atom is -0.451 e. The lowest BCUT2D eigenvalue weighted by Crippen LogP contribution is -2.48. The molecular formula is C18H22N2O3. The van der Waals surface area contributed by atoms with Crippen LogP contribution in [0.5, 0.6) is 0 Å². The number of hydrogen-bond donors (Lipinski definition) is 1. The quantitative estimate of drug-likeness (QED) is 0.947. The molecule has 0 bridgehead atoms. The van der Waals surface area contributed by atoms with Gasteiger partial charge in [-0.3, -0.25) is 9.59 Å². The molecule has 5 nitrogen and oxygen atoms in total.